The van der Waals surface area contributed by atoms with Crippen LogP contribution in [0.25, 0.3) is 11.1 Å². The summed E-state index contributed by atoms with van der Waals surface area (Å²) in [7, 11) is -8.43. The van der Waals surface area contributed by atoms with Crippen molar-refractivity contribution in [3.8, 4) is 0 Å². The fourth-order valence-corrected chi connectivity index (χ4v) is 3.41. The number of hydrogen-bond acceptors (Lipinski definition) is 6. The minimum atomic E-state index is -4.27. The summed E-state index contributed by atoms with van der Waals surface area (Å²) in [5.41, 5.74) is 2.19. The smallest absolute Gasteiger partial charge is 0.344 e. The summed E-state index contributed by atoms with van der Waals surface area (Å²) in [4.78, 5) is -0.300. The molecule has 0 saturated heterocycles. The van der Waals surface area contributed by atoms with Crippen molar-refractivity contribution in [3.63, 3.8) is 0 Å². The third-order valence-corrected chi connectivity index (χ3v) is 5.48. The van der Waals surface area contributed by atoms with E-state index in [2.05, 4.69) is 0 Å². The Bertz CT molecular complexity index is 1160. The lowest BCUT2D eigenvalue weighted by atomic mass is 10.2. The van der Waals surface area contributed by atoms with Crippen molar-refractivity contribution in [1.82, 2.24) is 0 Å². The molecule has 0 radical (unpaired) electrons. The SMILES string of the molecule is CC[n+]1c(C)oc2ccc(S(=O)(=O)O)cc21.Cc1ccc(S(=O)(=O)[O-])cc1. The van der Waals surface area contributed by atoms with E-state index in [1.165, 1.54) is 30.3 Å². The summed E-state index contributed by atoms with van der Waals surface area (Å²) in [5, 5.41) is 0. The summed E-state index contributed by atoms with van der Waals surface area (Å²) in [5.74, 6) is 0.699. The molecule has 0 fully saturated rings. The number of rotatable bonds is 3. The standard InChI is InChI=1S/C10H11NO4S.C7H8O3S/c1-3-11-7(2)15-10-5-4-8(6-9(10)11)16(12,13)14;1-6-2-4-7(5-3-6)11(8,9)10/h4-6H,3H2,1-2H3;2-5H,1H3,(H,8,9,10). The maximum atomic E-state index is 11.0. The quantitative estimate of drug-likeness (QED) is 0.515. The number of nitrogens with zero attached hydrogens (tertiary/aromatic N) is 1. The minimum absolute atomic E-state index is 0.122. The zero-order valence-corrected chi connectivity index (χ0v) is 16.5. The van der Waals surface area contributed by atoms with E-state index < -0.39 is 20.2 Å². The van der Waals surface area contributed by atoms with E-state index in [1.807, 2.05) is 18.4 Å². The Balaban J connectivity index is 0.000000208. The first-order valence-electron chi connectivity index (χ1n) is 7.86. The number of hydrogen-bond donors (Lipinski definition) is 1. The highest BCUT2D eigenvalue weighted by Crippen LogP contribution is 2.18. The predicted molar refractivity (Wildman–Crippen MR) is 95.8 cm³/mol. The molecule has 3 aromatic rings. The molecule has 0 aliphatic carbocycles. The number of aryl methyl sites for hydroxylation is 3. The second-order valence-corrected chi connectivity index (χ2v) is 8.54. The van der Waals surface area contributed by atoms with Crippen LogP contribution >= 0.6 is 0 Å². The van der Waals surface area contributed by atoms with Crippen LogP contribution in [0.3, 0.4) is 0 Å². The molecule has 0 atom stereocenters. The Morgan fingerprint density at radius 1 is 1.00 bits per heavy atom. The molecule has 1 aromatic heterocycles. The van der Waals surface area contributed by atoms with Gasteiger partial charge in [-0.2, -0.15) is 13.0 Å². The molecule has 0 unspecified atom stereocenters. The highest BCUT2D eigenvalue weighted by Gasteiger charge is 2.20. The molecule has 3 rings (SSSR count). The van der Waals surface area contributed by atoms with Crippen LogP contribution in [0, 0.1) is 13.8 Å². The molecule has 0 bridgehead atoms. The van der Waals surface area contributed by atoms with Crippen LogP contribution < -0.4 is 4.57 Å². The average molecular weight is 413 g/mol. The zero-order chi connectivity index (χ0) is 20.4. The highest BCUT2D eigenvalue weighted by atomic mass is 32.2. The second-order valence-electron chi connectivity index (χ2n) is 5.74. The Morgan fingerprint density at radius 2 is 1.56 bits per heavy atom. The summed E-state index contributed by atoms with van der Waals surface area (Å²) >= 11 is 0. The van der Waals surface area contributed by atoms with Gasteiger partial charge in [0.15, 0.2) is 0 Å². The van der Waals surface area contributed by atoms with Gasteiger partial charge in [0.1, 0.15) is 21.6 Å². The average Bonchev–Trinajstić information content (AvgIpc) is 2.88. The second kappa shape index (κ2) is 7.77. The van der Waals surface area contributed by atoms with Gasteiger partial charge in [0.05, 0.1) is 11.8 Å². The molecule has 1 heterocycles. The molecule has 0 amide bonds. The van der Waals surface area contributed by atoms with Gasteiger partial charge in [-0.15, -0.1) is 0 Å². The molecular weight excluding hydrogens is 394 g/mol. The molecule has 2 aromatic carbocycles. The molecule has 0 aliphatic heterocycles. The summed E-state index contributed by atoms with van der Waals surface area (Å²) in [6, 6.07) is 10.0. The largest absolute Gasteiger partial charge is 0.744 e. The van der Waals surface area contributed by atoms with E-state index in [1.54, 1.807) is 19.1 Å². The normalized spacial score (nSPS) is 11.9. The predicted octanol–water partition coefficient (Wildman–Crippen LogP) is 2.19. The monoisotopic (exact) mass is 413 g/mol. The molecule has 0 spiro atoms. The molecule has 1 N–H and O–H groups in total. The topological polar surface area (TPSA) is 129 Å². The van der Waals surface area contributed by atoms with Crippen molar-refractivity contribution in [2.75, 3.05) is 0 Å². The number of fused-ring (bicyclic) bond motifs is 1. The minimum Gasteiger partial charge on any atom is -0.744 e. The number of oxazole rings is 1. The van der Waals surface area contributed by atoms with Gasteiger partial charge in [-0.1, -0.05) is 17.7 Å². The van der Waals surface area contributed by atoms with Crippen LogP contribution in [0.5, 0.6) is 0 Å². The van der Waals surface area contributed by atoms with Gasteiger partial charge < -0.3 is 8.97 Å². The lowest BCUT2D eigenvalue weighted by Crippen LogP contribution is -2.33. The van der Waals surface area contributed by atoms with Crippen molar-refractivity contribution in [2.45, 2.75) is 37.1 Å². The molecule has 10 heteroatoms. The van der Waals surface area contributed by atoms with Gasteiger partial charge in [0.25, 0.3) is 15.6 Å². The van der Waals surface area contributed by atoms with Gasteiger partial charge in [-0.3, -0.25) is 4.55 Å². The Labute approximate surface area is 157 Å². The van der Waals surface area contributed by atoms with Crippen LogP contribution in [0.1, 0.15) is 18.4 Å². The van der Waals surface area contributed by atoms with Crippen LogP contribution in [0.2, 0.25) is 0 Å². The Kier molecular flexibility index (Phi) is 6.05. The molecule has 0 saturated carbocycles. The fraction of sp³-hybridized carbons (Fsp3) is 0.235. The van der Waals surface area contributed by atoms with Gasteiger partial charge in [-0.25, -0.2) is 8.42 Å². The fourth-order valence-electron chi connectivity index (χ4n) is 2.44. The van der Waals surface area contributed by atoms with Gasteiger partial charge in [-0.05, 0) is 38.1 Å². The van der Waals surface area contributed by atoms with Crippen LogP contribution in [-0.4, -0.2) is 25.9 Å². The first-order valence-corrected chi connectivity index (χ1v) is 10.7. The third-order valence-electron chi connectivity index (χ3n) is 3.78. The van der Waals surface area contributed by atoms with Crippen LogP contribution in [-0.2, 0) is 26.8 Å². The number of aromatic nitrogens is 1. The number of benzene rings is 2. The third kappa shape index (κ3) is 5.13. The van der Waals surface area contributed by atoms with E-state index in [-0.39, 0.29) is 9.79 Å². The van der Waals surface area contributed by atoms with Crippen LogP contribution in [0.15, 0.2) is 56.7 Å². The van der Waals surface area contributed by atoms with Gasteiger partial charge >= 0.3 is 5.89 Å². The van der Waals surface area contributed by atoms with Crippen molar-refractivity contribution < 1.29 is 34.9 Å². The molecule has 27 heavy (non-hydrogen) atoms. The van der Waals surface area contributed by atoms with E-state index in [9.17, 15) is 21.4 Å². The molecule has 146 valence electrons. The van der Waals surface area contributed by atoms with Crippen molar-refractivity contribution in [1.29, 1.82) is 0 Å². The molecule has 8 nitrogen and oxygen atoms in total. The lowest BCUT2D eigenvalue weighted by molar-refractivity contribution is -0.679. The first kappa shape index (κ1) is 21.0. The highest BCUT2D eigenvalue weighted by molar-refractivity contribution is 7.86. The summed E-state index contributed by atoms with van der Waals surface area (Å²) in [6.45, 7) is 6.23. The van der Waals surface area contributed by atoms with E-state index >= 15 is 0 Å². The Morgan fingerprint density at radius 3 is 2.04 bits per heavy atom. The molecule has 0 aliphatic rings. The van der Waals surface area contributed by atoms with E-state index in [0.29, 0.717) is 23.5 Å². The maximum absolute atomic E-state index is 11.0. The van der Waals surface area contributed by atoms with Crippen molar-refractivity contribution >= 4 is 31.3 Å². The van der Waals surface area contributed by atoms with Gasteiger partial charge in [0, 0.05) is 6.07 Å². The van der Waals surface area contributed by atoms with Crippen molar-refractivity contribution in [2.24, 2.45) is 0 Å². The maximum Gasteiger partial charge on any atom is 0.344 e. The van der Waals surface area contributed by atoms with E-state index in [0.717, 1.165) is 5.56 Å². The summed E-state index contributed by atoms with van der Waals surface area (Å²) < 4.78 is 69.4. The molecular formula is C17H19NO7S2. The first-order chi connectivity index (χ1) is 12.4. The van der Waals surface area contributed by atoms with Crippen LogP contribution in [0.4, 0.5) is 0 Å². The lowest BCUT2D eigenvalue weighted by Gasteiger charge is -2.05. The Hall–Kier alpha value is -2.27. The summed E-state index contributed by atoms with van der Waals surface area (Å²) in [6.07, 6.45) is 0. The van der Waals surface area contributed by atoms with E-state index in [4.69, 9.17) is 8.97 Å². The van der Waals surface area contributed by atoms with Crippen molar-refractivity contribution in [3.05, 3.63) is 53.9 Å². The zero-order valence-electron chi connectivity index (χ0n) is 14.9. The van der Waals surface area contributed by atoms with Gasteiger partial charge in [0.2, 0.25) is 5.58 Å².